The summed E-state index contributed by atoms with van der Waals surface area (Å²) < 4.78 is 37.5. The third-order valence-corrected chi connectivity index (χ3v) is 3.45. The fraction of sp³-hybridized carbons (Fsp3) is 0.462. The number of amides is 1. The van der Waals surface area contributed by atoms with E-state index in [9.17, 15) is 18.0 Å². The lowest BCUT2D eigenvalue weighted by atomic mass is 10.2. The van der Waals surface area contributed by atoms with Gasteiger partial charge in [0.1, 0.15) is 0 Å². The number of benzene rings is 1. The standard InChI is InChI=1S/C13H17F3N2OS/c1-9(17)5-6-18-12(19)8-20-11-4-2-3-10(7-11)13(14,15)16/h2-4,7,9H,5-6,8,17H2,1H3,(H,18,19). The fourth-order valence-corrected chi connectivity index (χ4v) is 2.19. The Morgan fingerprint density at radius 3 is 2.75 bits per heavy atom. The molecule has 0 saturated carbocycles. The molecule has 0 aliphatic heterocycles. The van der Waals surface area contributed by atoms with E-state index in [1.165, 1.54) is 6.07 Å². The molecular weight excluding hydrogens is 289 g/mol. The van der Waals surface area contributed by atoms with Gasteiger partial charge < -0.3 is 11.1 Å². The molecule has 3 nitrogen and oxygen atoms in total. The first kappa shape index (κ1) is 16.8. The van der Waals surface area contributed by atoms with Gasteiger partial charge in [0.25, 0.3) is 0 Å². The van der Waals surface area contributed by atoms with Gasteiger partial charge in [0.15, 0.2) is 0 Å². The molecule has 7 heteroatoms. The van der Waals surface area contributed by atoms with Crippen LogP contribution in [0.2, 0.25) is 0 Å². The van der Waals surface area contributed by atoms with Crippen LogP contribution in [0.1, 0.15) is 18.9 Å². The lowest BCUT2D eigenvalue weighted by molar-refractivity contribution is -0.137. The highest BCUT2D eigenvalue weighted by molar-refractivity contribution is 8.00. The van der Waals surface area contributed by atoms with Gasteiger partial charge in [-0.1, -0.05) is 6.07 Å². The third-order valence-electron chi connectivity index (χ3n) is 2.45. The number of carbonyl (C=O) groups excluding carboxylic acids is 1. The van der Waals surface area contributed by atoms with Crippen molar-refractivity contribution in [1.82, 2.24) is 5.32 Å². The normalized spacial score (nSPS) is 13.1. The Bertz CT molecular complexity index is 449. The molecule has 0 spiro atoms. The smallest absolute Gasteiger partial charge is 0.355 e. The van der Waals surface area contributed by atoms with E-state index < -0.39 is 11.7 Å². The van der Waals surface area contributed by atoms with Crippen molar-refractivity contribution < 1.29 is 18.0 Å². The zero-order valence-electron chi connectivity index (χ0n) is 11.0. The van der Waals surface area contributed by atoms with Crippen LogP contribution in [0.25, 0.3) is 0 Å². The van der Waals surface area contributed by atoms with Crippen molar-refractivity contribution in [3.8, 4) is 0 Å². The van der Waals surface area contributed by atoms with Crippen molar-refractivity contribution in [2.24, 2.45) is 5.73 Å². The Morgan fingerprint density at radius 1 is 1.45 bits per heavy atom. The van der Waals surface area contributed by atoms with Gasteiger partial charge in [-0.15, -0.1) is 11.8 Å². The summed E-state index contributed by atoms with van der Waals surface area (Å²) in [7, 11) is 0. The van der Waals surface area contributed by atoms with E-state index in [1.807, 2.05) is 6.92 Å². The van der Waals surface area contributed by atoms with E-state index in [0.29, 0.717) is 17.9 Å². The van der Waals surface area contributed by atoms with Crippen LogP contribution in [0.15, 0.2) is 29.2 Å². The number of halogens is 3. The summed E-state index contributed by atoms with van der Waals surface area (Å²) in [6.45, 7) is 2.31. The summed E-state index contributed by atoms with van der Waals surface area (Å²) in [4.78, 5) is 11.9. The minimum absolute atomic E-state index is 0.00594. The zero-order valence-corrected chi connectivity index (χ0v) is 11.9. The Balaban J connectivity index is 2.44. The lowest BCUT2D eigenvalue weighted by Gasteiger charge is -2.09. The van der Waals surface area contributed by atoms with Gasteiger partial charge in [-0.05, 0) is 31.5 Å². The molecule has 1 aromatic rings. The maximum Gasteiger partial charge on any atom is 0.416 e. The summed E-state index contributed by atoms with van der Waals surface area (Å²) in [5, 5.41) is 2.67. The van der Waals surface area contributed by atoms with Crippen LogP contribution in [0.3, 0.4) is 0 Å². The van der Waals surface area contributed by atoms with E-state index in [4.69, 9.17) is 5.73 Å². The average Bonchev–Trinajstić information content (AvgIpc) is 2.35. The number of nitrogens with two attached hydrogens (primary N) is 1. The quantitative estimate of drug-likeness (QED) is 0.795. The molecule has 0 saturated heterocycles. The Labute approximate surface area is 120 Å². The van der Waals surface area contributed by atoms with E-state index in [1.54, 1.807) is 6.07 Å². The molecule has 0 radical (unpaired) electrons. The van der Waals surface area contributed by atoms with Crippen molar-refractivity contribution >= 4 is 17.7 Å². The summed E-state index contributed by atoms with van der Waals surface area (Å²) in [5.41, 5.74) is 4.83. The Hall–Kier alpha value is -1.21. The van der Waals surface area contributed by atoms with Gasteiger partial charge >= 0.3 is 6.18 Å². The Morgan fingerprint density at radius 2 is 2.15 bits per heavy atom. The highest BCUT2D eigenvalue weighted by Crippen LogP contribution is 2.31. The van der Waals surface area contributed by atoms with Crippen LogP contribution < -0.4 is 11.1 Å². The van der Waals surface area contributed by atoms with Crippen molar-refractivity contribution in [3.63, 3.8) is 0 Å². The molecule has 112 valence electrons. The molecule has 0 aliphatic rings. The van der Waals surface area contributed by atoms with Crippen molar-refractivity contribution in [3.05, 3.63) is 29.8 Å². The number of hydrogen-bond donors (Lipinski definition) is 2. The van der Waals surface area contributed by atoms with Gasteiger partial charge in [0, 0.05) is 17.5 Å². The molecule has 0 fully saturated rings. The highest BCUT2D eigenvalue weighted by atomic mass is 32.2. The summed E-state index contributed by atoms with van der Waals surface area (Å²) >= 11 is 1.07. The molecule has 0 aliphatic carbocycles. The van der Waals surface area contributed by atoms with Crippen LogP contribution in [0.4, 0.5) is 13.2 Å². The second kappa shape index (κ2) is 7.54. The number of thioether (sulfide) groups is 1. The molecule has 20 heavy (non-hydrogen) atoms. The molecule has 0 aromatic heterocycles. The van der Waals surface area contributed by atoms with E-state index in [-0.39, 0.29) is 17.7 Å². The second-order valence-electron chi connectivity index (χ2n) is 4.43. The first-order valence-electron chi connectivity index (χ1n) is 6.11. The maximum absolute atomic E-state index is 12.5. The molecule has 3 N–H and O–H groups in total. The summed E-state index contributed by atoms with van der Waals surface area (Å²) in [5.74, 6) is -0.131. The predicted molar refractivity (Wildman–Crippen MR) is 73.4 cm³/mol. The number of alkyl halides is 3. The molecular formula is C13H17F3N2OS. The highest BCUT2D eigenvalue weighted by Gasteiger charge is 2.30. The second-order valence-corrected chi connectivity index (χ2v) is 5.48. The first-order chi connectivity index (χ1) is 9.29. The summed E-state index contributed by atoms with van der Waals surface area (Å²) in [6, 6.07) is 4.94. The van der Waals surface area contributed by atoms with Crippen LogP contribution in [-0.2, 0) is 11.0 Å². The van der Waals surface area contributed by atoms with Gasteiger partial charge in [-0.3, -0.25) is 4.79 Å². The number of hydrogen-bond acceptors (Lipinski definition) is 3. The van der Waals surface area contributed by atoms with Crippen molar-refractivity contribution in [2.75, 3.05) is 12.3 Å². The minimum Gasteiger partial charge on any atom is -0.355 e. The number of rotatable bonds is 6. The average molecular weight is 306 g/mol. The van der Waals surface area contributed by atoms with E-state index >= 15 is 0 Å². The van der Waals surface area contributed by atoms with Gasteiger partial charge in [-0.25, -0.2) is 0 Å². The van der Waals surface area contributed by atoms with Crippen molar-refractivity contribution in [1.29, 1.82) is 0 Å². The van der Waals surface area contributed by atoms with Gasteiger partial charge in [0.2, 0.25) is 5.91 Å². The minimum atomic E-state index is -4.36. The number of nitrogens with one attached hydrogen (secondary N) is 1. The van der Waals surface area contributed by atoms with E-state index in [0.717, 1.165) is 23.9 Å². The zero-order chi connectivity index (χ0) is 15.2. The van der Waals surface area contributed by atoms with E-state index in [2.05, 4.69) is 5.32 Å². The van der Waals surface area contributed by atoms with Crippen LogP contribution in [0.5, 0.6) is 0 Å². The Kier molecular flexibility index (Phi) is 6.35. The molecule has 1 aromatic carbocycles. The first-order valence-corrected chi connectivity index (χ1v) is 7.10. The lowest BCUT2D eigenvalue weighted by Crippen LogP contribution is -2.30. The maximum atomic E-state index is 12.5. The molecule has 0 bridgehead atoms. The van der Waals surface area contributed by atoms with Crippen LogP contribution >= 0.6 is 11.8 Å². The van der Waals surface area contributed by atoms with Gasteiger partial charge in [0.05, 0.1) is 11.3 Å². The van der Waals surface area contributed by atoms with Crippen LogP contribution in [-0.4, -0.2) is 24.2 Å². The van der Waals surface area contributed by atoms with Crippen LogP contribution in [0, 0.1) is 0 Å². The molecule has 1 rings (SSSR count). The fourth-order valence-electron chi connectivity index (χ4n) is 1.40. The monoisotopic (exact) mass is 306 g/mol. The topological polar surface area (TPSA) is 55.1 Å². The third kappa shape index (κ3) is 6.29. The molecule has 1 unspecified atom stereocenters. The molecule has 1 amide bonds. The molecule has 0 heterocycles. The largest absolute Gasteiger partial charge is 0.416 e. The SMILES string of the molecule is CC(N)CCNC(=O)CSc1cccc(C(F)(F)F)c1. The number of carbonyl (C=O) groups is 1. The van der Waals surface area contributed by atoms with Crippen molar-refractivity contribution in [2.45, 2.75) is 30.5 Å². The predicted octanol–water partition coefficient (Wildman–Crippen LogP) is 2.65. The summed E-state index contributed by atoms with van der Waals surface area (Å²) in [6.07, 6.45) is -3.70. The molecule has 1 atom stereocenters. The van der Waals surface area contributed by atoms with Gasteiger partial charge in [-0.2, -0.15) is 13.2 Å².